The van der Waals surface area contributed by atoms with E-state index in [4.69, 9.17) is 11.6 Å². The van der Waals surface area contributed by atoms with Gasteiger partial charge in [-0.2, -0.15) is 5.10 Å². The largest absolute Gasteiger partial charge is 0.268 e. The highest BCUT2D eigenvalue weighted by Crippen LogP contribution is 2.25. The van der Waals surface area contributed by atoms with E-state index in [0.717, 1.165) is 16.0 Å². The van der Waals surface area contributed by atoms with Crippen molar-refractivity contribution < 1.29 is 12.8 Å². The first-order valence-electron chi connectivity index (χ1n) is 7.44. The molecule has 0 saturated heterocycles. The Balaban J connectivity index is 1.73. The molecular weight excluding hydrogens is 401 g/mol. The summed E-state index contributed by atoms with van der Waals surface area (Å²) in [7, 11) is -3.69. The highest BCUT2D eigenvalue weighted by molar-refractivity contribution is 7.91. The topological polar surface area (TPSA) is 81.1 Å². The van der Waals surface area contributed by atoms with Crippen molar-refractivity contribution in [3.63, 3.8) is 0 Å². The van der Waals surface area contributed by atoms with E-state index in [-0.39, 0.29) is 28.7 Å². The van der Waals surface area contributed by atoms with Gasteiger partial charge in [-0.15, -0.1) is 11.3 Å². The Morgan fingerprint density at radius 1 is 1.12 bits per heavy atom. The third-order valence-electron chi connectivity index (χ3n) is 3.44. The lowest BCUT2D eigenvalue weighted by molar-refractivity contribution is 0.550. The highest BCUT2D eigenvalue weighted by atomic mass is 35.5. The fourth-order valence-corrected chi connectivity index (χ4v) is 4.73. The van der Waals surface area contributed by atoms with Crippen LogP contribution in [0.5, 0.6) is 0 Å². The first-order chi connectivity index (χ1) is 12.3. The Morgan fingerprint density at radius 3 is 2.50 bits per heavy atom. The second-order valence-corrected chi connectivity index (χ2v) is 8.95. The van der Waals surface area contributed by atoms with Gasteiger partial charge in [0.2, 0.25) is 10.0 Å². The number of rotatable bonds is 6. The van der Waals surface area contributed by atoms with Gasteiger partial charge in [0.15, 0.2) is 0 Å². The maximum absolute atomic E-state index is 13.0. The van der Waals surface area contributed by atoms with Gasteiger partial charge in [-0.1, -0.05) is 11.6 Å². The summed E-state index contributed by atoms with van der Waals surface area (Å²) >= 11 is 6.70. The highest BCUT2D eigenvalue weighted by Gasteiger charge is 2.16. The molecule has 2 aromatic heterocycles. The summed E-state index contributed by atoms with van der Waals surface area (Å²) in [4.78, 5) is 11.9. The maximum Gasteiger partial charge on any atom is 0.266 e. The molecule has 0 saturated carbocycles. The number of sulfonamides is 1. The zero-order valence-corrected chi connectivity index (χ0v) is 15.6. The minimum atomic E-state index is -3.69. The standard InChI is InChI=1S/C16H13ClFN3O3S2/c17-14-6-8-16(25-14)26(23,24)19-9-10-21-15(22)7-5-13(20-21)11-1-3-12(18)4-2-11/h1-8,19H,9-10H2. The molecule has 0 atom stereocenters. The van der Waals surface area contributed by atoms with E-state index in [1.54, 1.807) is 12.1 Å². The van der Waals surface area contributed by atoms with Crippen molar-refractivity contribution in [2.75, 3.05) is 6.54 Å². The second-order valence-electron chi connectivity index (χ2n) is 5.24. The van der Waals surface area contributed by atoms with E-state index in [0.29, 0.717) is 15.6 Å². The molecule has 0 spiro atoms. The van der Waals surface area contributed by atoms with Crippen molar-refractivity contribution in [1.29, 1.82) is 0 Å². The van der Waals surface area contributed by atoms with Gasteiger partial charge >= 0.3 is 0 Å². The molecule has 2 heterocycles. The van der Waals surface area contributed by atoms with E-state index in [2.05, 4.69) is 9.82 Å². The maximum atomic E-state index is 13.0. The van der Waals surface area contributed by atoms with Gasteiger partial charge < -0.3 is 0 Å². The molecule has 3 rings (SSSR count). The summed E-state index contributed by atoms with van der Waals surface area (Å²) in [5.41, 5.74) is 0.765. The lowest BCUT2D eigenvalue weighted by atomic mass is 10.1. The lowest BCUT2D eigenvalue weighted by Gasteiger charge is -2.08. The van der Waals surface area contributed by atoms with Gasteiger partial charge in [0.1, 0.15) is 10.0 Å². The van der Waals surface area contributed by atoms with Crippen LogP contribution in [-0.2, 0) is 16.6 Å². The number of hydrogen-bond acceptors (Lipinski definition) is 5. The quantitative estimate of drug-likeness (QED) is 0.673. The van der Waals surface area contributed by atoms with Gasteiger partial charge in [-0.3, -0.25) is 4.79 Å². The number of benzene rings is 1. The number of thiophene rings is 1. The predicted octanol–water partition coefficient (Wildman–Crippen LogP) is 2.74. The van der Waals surface area contributed by atoms with Crippen LogP contribution in [0.1, 0.15) is 0 Å². The predicted molar refractivity (Wildman–Crippen MR) is 98.4 cm³/mol. The molecule has 0 amide bonds. The van der Waals surface area contributed by atoms with Crippen molar-refractivity contribution in [2.45, 2.75) is 10.8 Å². The minimum absolute atomic E-state index is 0.0162. The van der Waals surface area contributed by atoms with Crippen LogP contribution in [0.4, 0.5) is 4.39 Å². The first kappa shape index (κ1) is 18.7. The molecule has 1 N–H and O–H groups in total. The monoisotopic (exact) mass is 413 g/mol. The van der Waals surface area contributed by atoms with E-state index in [9.17, 15) is 17.6 Å². The first-order valence-corrected chi connectivity index (χ1v) is 10.1. The number of halogens is 2. The third-order valence-corrected chi connectivity index (χ3v) is 6.62. The van der Waals surface area contributed by atoms with Crippen LogP contribution in [0.15, 0.2) is 57.5 Å². The molecule has 0 aliphatic heterocycles. The third kappa shape index (κ3) is 4.36. The normalized spacial score (nSPS) is 11.6. The smallest absolute Gasteiger partial charge is 0.266 e. The van der Waals surface area contributed by atoms with E-state index in [1.807, 2.05) is 0 Å². The molecule has 0 fully saturated rings. The zero-order valence-electron chi connectivity index (χ0n) is 13.2. The average molecular weight is 414 g/mol. The Kier molecular flexibility index (Phi) is 5.52. The van der Waals surface area contributed by atoms with Crippen LogP contribution >= 0.6 is 22.9 Å². The van der Waals surface area contributed by atoms with Crippen molar-refractivity contribution in [2.24, 2.45) is 0 Å². The van der Waals surface area contributed by atoms with Gasteiger partial charge in [-0.25, -0.2) is 22.2 Å². The van der Waals surface area contributed by atoms with Gasteiger partial charge in [0.05, 0.1) is 16.6 Å². The van der Waals surface area contributed by atoms with E-state index >= 15 is 0 Å². The molecular formula is C16H13ClFN3O3S2. The number of hydrogen-bond donors (Lipinski definition) is 1. The van der Waals surface area contributed by atoms with Crippen molar-refractivity contribution >= 4 is 33.0 Å². The summed E-state index contributed by atoms with van der Waals surface area (Å²) in [5.74, 6) is -0.370. The lowest BCUT2D eigenvalue weighted by Crippen LogP contribution is -2.31. The summed E-state index contributed by atoms with van der Waals surface area (Å²) < 4.78 is 41.3. The average Bonchev–Trinajstić information content (AvgIpc) is 3.05. The fraction of sp³-hybridized carbons (Fsp3) is 0.125. The second kappa shape index (κ2) is 7.67. The molecule has 1 aromatic carbocycles. The molecule has 0 aliphatic rings. The Labute approximate surface area is 157 Å². The number of nitrogens with zero attached hydrogens (tertiary/aromatic N) is 2. The molecule has 10 heteroatoms. The Morgan fingerprint density at radius 2 is 1.85 bits per heavy atom. The van der Waals surface area contributed by atoms with Crippen LogP contribution in [0.3, 0.4) is 0 Å². The molecule has 136 valence electrons. The van der Waals surface area contributed by atoms with E-state index < -0.39 is 10.0 Å². The van der Waals surface area contributed by atoms with Crippen molar-refractivity contribution in [1.82, 2.24) is 14.5 Å². The van der Waals surface area contributed by atoms with Gasteiger partial charge in [-0.05, 0) is 42.5 Å². The van der Waals surface area contributed by atoms with Crippen LogP contribution in [0.25, 0.3) is 11.3 Å². The molecule has 3 aromatic rings. The molecule has 6 nitrogen and oxygen atoms in total. The summed E-state index contributed by atoms with van der Waals surface area (Å²) in [6, 6.07) is 11.5. The summed E-state index contributed by atoms with van der Waals surface area (Å²) in [5, 5.41) is 4.20. The van der Waals surface area contributed by atoms with Gasteiger partial charge in [0.25, 0.3) is 5.56 Å². The van der Waals surface area contributed by atoms with Crippen LogP contribution in [-0.4, -0.2) is 24.7 Å². The van der Waals surface area contributed by atoms with Crippen molar-refractivity contribution in [3.8, 4) is 11.3 Å². The van der Waals surface area contributed by atoms with Crippen molar-refractivity contribution in [3.05, 3.63) is 69.0 Å². The van der Waals surface area contributed by atoms with E-state index in [1.165, 1.54) is 36.4 Å². The number of nitrogens with one attached hydrogen (secondary N) is 1. The van der Waals surface area contributed by atoms with Crippen LogP contribution in [0.2, 0.25) is 4.34 Å². The summed E-state index contributed by atoms with van der Waals surface area (Å²) in [6.07, 6.45) is 0. The molecule has 26 heavy (non-hydrogen) atoms. The van der Waals surface area contributed by atoms with Crippen LogP contribution < -0.4 is 10.3 Å². The molecule has 0 bridgehead atoms. The van der Waals surface area contributed by atoms with Crippen LogP contribution in [0, 0.1) is 5.82 Å². The SMILES string of the molecule is O=c1ccc(-c2ccc(F)cc2)nn1CCNS(=O)(=O)c1ccc(Cl)s1. The summed E-state index contributed by atoms with van der Waals surface area (Å²) in [6.45, 7) is 0.0316. The minimum Gasteiger partial charge on any atom is -0.268 e. The zero-order chi connectivity index (χ0) is 18.7. The Bertz CT molecular complexity index is 1080. The molecule has 0 aliphatic carbocycles. The molecule has 0 radical (unpaired) electrons. The molecule has 0 unspecified atom stereocenters. The van der Waals surface area contributed by atoms with Gasteiger partial charge in [0, 0.05) is 18.2 Å². The fourth-order valence-electron chi connectivity index (χ4n) is 2.18. The number of aromatic nitrogens is 2. The Hall–Kier alpha value is -2.07.